The fourth-order valence-electron chi connectivity index (χ4n) is 1.86. The van der Waals surface area contributed by atoms with Gasteiger partial charge in [0, 0.05) is 0 Å². The highest BCUT2D eigenvalue weighted by atomic mass is 35.5. The first-order valence-corrected chi connectivity index (χ1v) is 7.74. The summed E-state index contributed by atoms with van der Waals surface area (Å²) in [5, 5.41) is 9.55. The van der Waals surface area contributed by atoms with Crippen LogP contribution >= 0.6 is 11.6 Å². The Morgan fingerprint density at radius 3 is 2.25 bits per heavy atom. The van der Waals surface area contributed by atoms with Crippen molar-refractivity contribution in [1.29, 1.82) is 0 Å². The van der Waals surface area contributed by atoms with Crippen LogP contribution in [0.15, 0.2) is 41.3 Å². The van der Waals surface area contributed by atoms with Gasteiger partial charge in [-0.1, -0.05) is 17.7 Å². The molecule has 2 rings (SSSR count). The standard InChI is InChI=1S/C14H14ClNO3S/c1-9-7-10(2)14(13(15)8-9)16-20(18,19)12-5-3-11(17)4-6-12/h3-8,16-17H,1-2H3. The number of benzene rings is 2. The minimum Gasteiger partial charge on any atom is -0.508 e. The lowest BCUT2D eigenvalue weighted by Gasteiger charge is -2.13. The Morgan fingerprint density at radius 1 is 1.10 bits per heavy atom. The molecule has 0 radical (unpaired) electrons. The van der Waals surface area contributed by atoms with Crippen LogP contribution in [0.1, 0.15) is 11.1 Å². The van der Waals surface area contributed by atoms with Gasteiger partial charge in [0.25, 0.3) is 10.0 Å². The Bertz CT molecular complexity index is 717. The summed E-state index contributed by atoms with van der Waals surface area (Å²) in [5.74, 6) is 0.00787. The van der Waals surface area contributed by atoms with Crippen LogP contribution in [-0.2, 0) is 10.0 Å². The second-order valence-corrected chi connectivity index (χ2v) is 6.63. The summed E-state index contributed by atoms with van der Waals surface area (Å²) < 4.78 is 27.0. The van der Waals surface area contributed by atoms with E-state index in [0.717, 1.165) is 11.1 Å². The first-order chi connectivity index (χ1) is 9.29. The van der Waals surface area contributed by atoms with Gasteiger partial charge in [0.15, 0.2) is 0 Å². The lowest BCUT2D eigenvalue weighted by Crippen LogP contribution is -2.14. The van der Waals surface area contributed by atoms with E-state index in [9.17, 15) is 13.5 Å². The normalized spacial score (nSPS) is 11.3. The lowest BCUT2D eigenvalue weighted by molar-refractivity contribution is 0.475. The molecule has 0 atom stereocenters. The number of nitrogens with one attached hydrogen (secondary N) is 1. The van der Waals surface area contributed by atoms with E-state index in [-0.39, 0.29) is 10.6 Å². The number of aromatic hydroxyl groups is 1. The zero-order valence-electron chi connectivity index (χ0n) is 11.0. The van der Waals surface area contributed by atoms with E-state index < -0.39 is 10.0 Å². The Kier molecular flexibility index (Phi) is 3.92. The molecular weight excluding hydrogens is 298 g/mol. The summed E-state index contributed by atoms with van der Waals surface area (Å²) >= 11 is 6.09. The van der Waals surface area contributed by atoms with Crippen molar-refractivity contribution in [2.24, 2.45) is 0 Å². The van der Waals surface area contributed by atoms with Crippen LogP contribution in [0.2, 0.25) is 5.02 Å². The van der Waals surface area contributed by atoms with Crippen LogP contribution in [0.3, 0.4) is 0 Å². The number of phenolic OH excluding ortho intramolecular Hbond substituents is 1. The number of rotatable bonds is 3. The lowest BCUT2D eigenvalue weighted by atomic mass is 10.1. The fourth-order valence-corrected chi connectivity index (χ4v) is 3.44. The van der Waals surface area contributed by atoms with Crippen LogP contribution < -0.4 is 4.72 Å². The van der Waals surface area contributed by atoms with Crippen LogP contribution in [0.5, 0.6) is 5.75 Å². The van der Waals surface area contributed by atoms with Gasteiger partial charge in [-0.15, -0.1) is 0 Å². The summed E-state index contributed by atoms with van der Waals surface area (Å²) in [5.41, 5.74) is 2.07. The van der Waals surface area contributed by atoms with Crippen LogP contribution in [-0.4, -0.2) is 13.5 Å². The first kappa shape index (κ1) is 14.7. The molecule has 0 aromatic heterocycles. The van der Waals surface area contributed by atoms with Gasteiger partial charge in [0.05, 0.1) is 15.6 Å². The molecule has 0 aliphatic heterocycles. The molecule has 0 fully saturated rings. The number of phenols is 1. The van der Waals surface area contributed by atoms with Crippen molar-refractivity contribution in [2.75, 3.05) is 4.72 Å². The summed E-state index contributed by atoms with van der Waals surface area (Å²) in [7, 11) is -3.73. The molecule has 0 saturated carbocycles. The largest absolute Gasteiger partial charge is 0.508 e. The average Bonchev–Trinajstić information content (AvgIpc) is 2.34. The molecule has 2 aromatic rings. The Hall–Kier alpha value is -1.72. The predicted octanol–water partition coefficient (Wildman–Crippen LogP) is 3.46. The summed E-state index contributed by atoms with van der Waals surface area (Å²) in [6, 6.07) is 8.84. The van der Waals surface area contributed by atoms with Gasteiger partial charge in [-0.2, -0.15) is 0 Å². The maximum atomic E-state index is 12.3. The number of aryl methyl sites for hydroxylation is 2. The third-order valence-electron chi connectivity index (χ3n) is 2.82. The van der Waals surface area contributed by atoms with Crippen molar-refractivity contribution in [3.63, 3.8) is 0 Å². The van der Waals surface area contributed by atoms with E-state index in [1.807, 2.05) is 13.0 Å². The van der Waals surface area contributed by atoms with E-state index >= 15 is 0 Å². The van der Waals surface area contributed by atoms with Crippen molar-refractivity contribution in [1.82, 2.24) is 0 Å². The molecule has 0 aliphatic carbocycles. The molecule has 0 spiro atoms. The first-order valence-electron chi connectivity index (χ1n) is 5.88. The maximum absolute atomic E-state index is 12.3. The van der Waals surface area contributed by atoms with Gasteiger partial charge in [0.1, 0.15) is 5.75 Å². The van der Waals surface area contributed by atoms with E-state index in [1.165, 1.54) is 24.3 Å². The third kappa shape index (κ3) is 3.05. The van der Waals surface area contributed by atoms with Gasteiger partial charge >= 0.3 is 0 Å². The van der Waals surface area contributed by atoms with Crippen molar-refractivity contribution < 1.29 is 13.5 Å². The molecule has 0 heterocycles. The fraction of sp³-hybridized carbons (Fsp3) is 0.143. The average molecular weight is 312 g/mol. The predicted molar refractivity (Wildman–Crippen MR) is 79.8 cm³/mol. The number of anilines is 1. The molecule has 0 saturated heterocycles. The van der Waals surface area contributed by atoms with Crippen molar-refractivity contribution in [3.05, 3.63) is 52.5 Å². The van der Waals surface area contributed by atoms with E-state index in [4.69, 9.17) is 11.6 Å². The van der Waals surface area contributed by atoms with Gasteiger partial charge in [-0.05, 0) is 55.3 Å². The monoisotopic (exact) mass is 311 g/mol. The highest BCUT2D eigenvalue weighted by Gasteiger charge is 2.17. The molecule has 2 N–H and O–H groups in total. The summed E-state index contributed by atoms with van der Waals surface area (Å²) in [4.78, 5) is 0.0614. The van der Waals surface area contributed by atoms with Crippen LogP contribution in [0.25, 0.3) is 0 Å². The zero-order chi connectivity index (χ0) is 14.9. The van der Waals surface area contributed by atoms with Gasteiger partial charge in [0.2, 0.25) is 0 Å². The van der Waals surface area contributed by atoms with Crippen molar-refractivity contribution in [3.8, 4) is 5.75 Å². The Balaban J connectivity index is 2.41. The van der Waals surface area contributed by atoms with E-state index in [1.54, 1.807) is 13.0 Å². The number of sulfonamides is 1. The molecule has 20 heavy (non-hydrogen) atoms. The molecule has 0 amide bonds. The minimum atomic E-state index is -3.73. The molecule has 0 unspecified atom stereocenters. The molecule has 0 bridgehead atoms. The molecule has 0 aliphatic rings. The van der Waals surface area contributed by atoms with Crippen LogP contribution in [0, 0.1) is 13.8 Å². The smallest absolute Gasteiger partial charge is 0.261 e. The second-order valence-electron chi connectivity index (χ2n) is 4.54. The molecular formula is C14H14ClNO3S. The van der Waals surface area contributed by atoms with Gasteiger partial charge in [-0.25, -0.2) is 8.42 Å². The minimum absolute atomic E-state index is 0.00787. The van der Waals surface area contributed by atoms with Gasteiger partial charge in [-0.3, -0.25) is 4.72 Å². The highest BCUT2D eigenvalue weighted by Crippen LogP contribution is 2.29. The van der Waals surface area contributed by atoms with Crippen molar-refractivity contribution >= 4 is 27.3 Å². The zero-order valence-corrected chi connectivity index (χ0v) is 12.6. The number of hydrogen-bond donors (Lipinski definition) is 2. The molecule has 4 nitrogen and oxygen atoms in total. The summed E-state index contributed by atoms with van der Waals surface area (Å²) in [6.45, 7) is 3.67. The quantitative estimate of drug-likeness (QED) is 0.912. The molecule has 2 aromatic carbocycles. The topological polar surface area (TPSA) is 66.4 Å². The molecule has 106 valence electrons. The highest BCUT2D eigenvalue weighted by molar-refractivity contribution is 7.92. The van der Waals surface area contributed by atoms with Crippen LogP contribution in [0.4, 0.5) is 5.69 Å². The summed E-state index contributed by atoms with van der Waals surface area (Å²) in [6.07, 6.45) is 0. The van der Waals surface area contributed by atoms with E-state index in [0.29, 0.717) is 10.7 Å². The molecule has 6 heteroatoms. The third-order valence-corrected chi connectivity index (χ3v) is 4.48. The SMILES string of the molecule is Cc1cc(C)c(NS(=O)(=O)c2ccc(O)cc2)c(Cl)c1. The van der Waals surface area contributed by atoms with E-state index in [2.05, 4.69) is 4.72 Å². The Labute approximate surface area is 123 Å². The van der Waals surface area contributed by atoms with Crippen molar-refractivity contribution in [2.45, 2.75) is 18.7 Å². The second kappa shape index (κ2) is 5.34. The number of hydrogen-bond acceptors (Lipinski definition) is 3. The van der Waals surface area contributed by atoms with Gasteiger partial charge < -0.3 is 5.11 Å². The number of halogens is 1. The Morgan fingerprint density at radius 2 is 1.70 bits per heavy atom. The maximum Gasteiger partial charge on any atom is 0.261 e.